The Hall–Kier alpha value is -3.45. The Bertz CT molecular complexity index is 1100. The van der Waals surface area contributed by atoms with E-state index < -0.39 is 6.04 Å². The van der Waals surface area contributed by atoms with E-state index in [0.29, 0.717) is 11.5 Å². The summed E-state index contributed by atoms with van der Waals surface area (Å²) in [5.41, 5.74) is 3.72. The third kappa shape index (κ3) is 5.04. The van der Waals surface area contributed by atoms with E-state index in [2.05, 4.69) is 17.1 Å². The number of nitrogens with one attached hydrogen (secondary N) is 1. The Kier molecular flexibility index (Phi) is 7.12. The lowest BCUT2D eigenvalue weighted by molar-refractivity contribution is -0.123. The molecule has 1 amide bonds. The maximum Gasteiger partial charge on any atom is 0.234 e. The van der Waals surface area contributed by atoms with Crippen molar-refractivity contribution in [1.29, 1.82) is 0 Å². The predicted octanol–water partition coefficient (Wildman–Crippen LogP) is 4.81. The maximum absolute atomic E-state index is 13.5. The molecule has 0 aromatic heterocycles. The summed E-state index contributed by atoms with van der Waals surface area (Å²) in [5, 5.41) is 3.05. The molecule has 0 saturated heterocycles. The lowest BCUT2D eigenvalue weighted by Gasteiger charge is -2.35. The number of hydrogen-bond donors (Lipinski definition) is 1. The molecule has 0 radical (unpaired) electrons. The van der Waals surface area contributed by atoms with Crippen molar-refractivity contribution in [2.75, 3.05) is 27.3 Å². The zero-order valence-electron chi connectivity index (χ0n) is 19.5. The summed E-state index contributed by atoms with van der Waals surface area (Å²) in [6, 6.07) is 15.4. The van der Waals surface area contributed by atoms with Crippen LogP contribution >= 0.6 is 0 Å². The summed E-state index contributed by atoms with van der Waals surface area (Å²) in [4.78, 5) is 15.2. The maximum atomic E-state index is 13.5. The van der Waals surface area contributed by atoms with Crippen molar-refractivity contribution in [2.24, 2.45) is 0 Å². The number of rotatable bonds is 7. The number of amides is 1. The number of benzene rings is 3. The number of hydrogen-bond acceptors (Lipinski definition) is 4. The number of nitrogens with zero attached hydrogens (tertiary/aromatic N) is 1. The minimum atomic E-state index is -0.523. The van der Waals surface area contributed by atoms with Gasteiger partial charge in [0.25, 0.3) is 0 Å². The summed E-state index contributed by atoms with van der Waals surface area (Å²) in [7, 11) is 3.22. The molecule has 0 fully saturated rings. The number of carbonyl (C=O) groups excluding carboxylic acids is 1. The van der Waals surface area contributed by atoms with Gasteiger partial charge in [-0.05, 0) is 72.0 Å². The first-order chi connectivity index (χ1) is 16.4. The molecule has 0 bridgehead atoms. The fraction of sp³-hybridized carbons (Fsp3) is 0.296. The first-order valence-electron chi connectivity index (χ1n) is 11.2. The highest BCUT2D eigenvalue weighted by atomic mass is 19.1. The molecule has 0 saturated carbocycles. The molecule has 1 heterocycles. The van der Waals surface area contributed by atoms with E-state index in [1.165, 1.54) is 29.8 Å². The monoisotopic (exact) mass is 466 g/mol. The topological polar surface area (TPSA) is 50.8 Å². The number of carbonyl (C=O) groups is 1. The Balaban J connectivity index is 1.53. The Labute approximate surface area is 198 Å². The average Bonchev–Trinajstić information content (AvgIpc) is 2.85. The highest BCUT2D eigenvalue weighted by Crippen LogP contribution is 2.37. The Morgan fingerprint density at radius 3 is 2.03 bits per heavy atom. The molecule has 178 valence electrons. The van der Waals surface area contributed by atoms with Crippen molar-refractivity contribution < 1.29 is 23.0 Å². The van der Waals surface area contributed by atoms with Crippen LogP contribution in [0.1, 0.15) is 41.3 Å². The number of methoxy groups -OCH3 is 2. The van der Waals surface area contributed by atoms with Gasteiger partial charge in [-0.15, -0.1) is 0 Å². The van der Waals surface area contributed by atoms with E-state index in [4.69, 9.17) is 9.47 Å². The average molecular weight is 467 g/mol. The van der Waals surface area contributed by atoms with Crippen LogP contribution in [0.3, 0.4) is 0 Å². The number of ether oxygens (including phenoxy) is 2. The standard InChI is InChI=1S/C27H28F2N2O3/c1-17-23-15-25(34-3)24(33-2)14-20(23)12-13-31(17)16-26(32)30-27(18-4-8-21(28)9-5-18)19-6-10-22(29)11-7-19/h4-11,14-15,17,27H,12-13,16H2,1-3H3,(H,30,32). The van der Waals surface area contributed by atoms with E-state index >= 15 is 0 Å². The largest absolute Gasteiger partial charge is 0.493 e. The molecule has 7 heteroatoms. The summed E-state index contributed by atoms with van der Waals surface area (Å²) in [5.74, 6) is 0.462. The van der Waals surface area contributed by atoms with Gasteiger partial charge in [0.2, 0.25) is 5.91 Å². The lowest BCUT2D eigenvalue weighted by atomic mass is 9.92. The molecule has 1 aliphatic rings. The number of fused-ring (bicyclic) bond motifs is 1. The molecule has 3 aromatic carbocycles. The molecule has 0 aliphatic carbocycles. The van der Waals surface area contributed by atoms with Crippen LogP contribution < -0.4 is 14.8 Å². The Morgan fingerprint density at radius 2 is 1.50 bits per heavy atom. The van der Waals surface area contributed by atoms with Crippen LogP contribution in [-0.2, 0) is 11.2 Å². The van der Waals surface area contributed by atoms with Gasteiger partial charge in [0.1, 0.15) is 11.6 Å². The molecule has 5 nitrogen and oxygen atoms in total. The van der Waals surface area contributed by atoms with Crippen LogP contribution in [0.25, 0.3) is 0 Å². The molecule has 34 heavy (non-hydrogen) atoms. The van der Waals surface area contributed by atoms with Crippen LogP contribution in [0.2, 0.25) is 0 Å². The van der Waals surface area contributed by atoms with E-state index in [1.54, 1.807) is 38.5 Å². The minimum absolute atomic E-state index is 0.00407. The molecule has 1 atom stereocenters. The van der Waals surface area contributed by atoms with Crippen LogP contribution in [0.4, 0.5) is 8.78 Å². The zero-order valence-corrected chi connectivity index (χ0v) is 19.5. The van der Waals surface area contributed by atoms with Gasteiger partial charge in [-0.3, -0.25) is 9.69 Å². The molecule has 1 unspecified atom stereocenters. The quantitative estimate of drug-likeness (QED) is 0.543. The SMILES string of the molecule is COc1cc2c(cc1OC)C(C)N(CC(=O)NC(c1ccc(F)cc1)c1ccc(F)cc1)CC2. The third-order valence-corrected chi connectivity index (χ3v) is 6.37. The molecule has 0 spiro atoms. The molecule has 1 aliphatic heterocycles. The first-order valence-corrected chi connectivity index (χ1v) is 11.2. The number of halogens is 2. The van der Waals surface area contributed by atoms with E-state index in [9.17, 15) is 13.6 Å². The van der Waals surface area contributed by atoms with Crippen LogP contribution in [-0.4, -0.2) is 38.1 Å². The van der Waals surface area contributed by atoms with Gasteiger partial charge < -0.3 is 14.8 Å². The molecule has 1 N–H and O–H groups in total. The van der Waals surface area contributed by atoms with Gasteiger partial charge in [0.15, 0.2) is 11.5 Å². The summed E-state index contributed by atoms with van der Waals surface area (Å²) >= 11 is 0. The van der Waals surface area contributed by atoms with Crippen molar-refractivity contribution >= 4 is 5.91 Å². The fourth-order valence-corrected chi connectivity index (χ4v) is 4.47. The highest BCUT2D eigenvalue weighted by Gasteiger charge is 2.28. The molecular weight excluding hydrogens is 438 g/mol. The smallest absolute Gasteiger partial charge is 0.234 e. The summed E-state index contributed by atoms with van der Waals surface area (Å²) in [6.45, 7) is 2.97. The van der Waals surface area contributed by atoms with Gasteiger partial charge in [0.05, 0.1) is 26.8 Å². The summed E-state index contributed by atoms with van der Waals surface area (Å²) < 4.78 is 37.8. The van der Waals surface area contributed by atoms with Gasteiger partial charge in [-0.2, -0.15) is 0 Å². The lowest BCUT2D eigenvalue weighted by Crippen LogP contribution is -2.43. The fourth-order valence-electron chi connectivity index (χ4n) is 4.47. The van der Waals surface area contributed by atoms with Gasteiger partial charge in [0, 0.05) is 12.6 Å². The van der Waals surface area contributed by atoms with Crippen molar-refractivity contribution in [1.82, 2.24) is 10.2 Å². The van der Waals surface area contributed by atoms with Crippen LogP contribution in [0.15, 0.2) is 60.7 Å². The van der Waals surface area contributed by atoms with E-state index in [0.717, 1.165) is 29.7 Å². The Morgan fingerprint density at radius 1 is 0.971 bits per heavy atom. The third-order valence-electron chi connectivity index (χ3n) is 6.37. The van der Waals surface area contributed by atoms with E-state index in [1.807, 2.05) is 12.1 Å². The summed E-state index contributed by atoms with van der Waals surface area (Å²) in [6.07, 6.45) is 0.784. The van der Waals surface area contributed by atoms with E-state index in [-0.39, 0.29) is 30.1 Å². The second kappa shape index (κ2) is 10.2. The first kappa shape index (κ1) is 23.7. The second-order valence-corrected chi connectivity index (χ2v) is 8.41. The van der Waals surface area contributed by atoms with Gasteiger partial charge in [-0.1, -0.05) is 24.3 Å². The van der Waals surface area contributed by atoms with Crippen molar-refractivity contribution in [2.45, 2.75) is 25.4 Å². The van der Waals surface area contributed by atoms with Gasteiger partial charge >= 0.3 is 0 Å². The minimum Gasteiger partial charge on any atom is -0.493 e. The van der Waals surface area contributed by atoms with Crippen LogP contribution in [0.5, 0.6) is 11.5 Å². The molecular formula is C27H28F2N2O3. The zero-order chi connectivity index (χ0) is 24.2. The molecule has 4 rings (SSSR count). The second-order valence-electron chi connectivity index (χ2n) is 8.41. The van der Waals surface area contributed by atoms with Crippen molar-refractivity contribution in [3.63, 3.8) is 0 Å². The normalized spacial score (nSPS) is 15.6. The van der Waals surface area contributed by atoms with Crippen LogP contribution in [0, 0.1) is 11.6 Å². The molecule has 3 aromatic rings. The highest BCUT2D eigenvalue weighted by molar-refractivity contribution is 5.79. The predicted molar refractivity (Wildman–Crippen MR) is 126 cm³/mol. The van der Waals surface area contributed by atoms with Gasteiger partial charge in [-0.25, -0.2) is 8.78 Å². The van der Waals surface area contributed by atoms with Crippen molar-refractivity contribution in [3.8, 4) is 11.5 Å². The van der Waals surface area contributed by atoms with Crippen molar-refractivity contribution in [3.05, 3.63) is 94.6 Å².